The van der Waals surface area contributed by atoms with Crippen LogP contribution in [0.4, 0.5) is 13.2 Å². The summed E-state index contributed by atoms with van der Waals surface area (Å²) in [5, 5.41) is 7.96. The minimum absolute atomic E-state index is 0.148. The van der Waals surface area contributed by atoms with Crippen molar-refractivity contribution in [2.75, 3.05) is 13.7 Å². The third kappa shape index (κ3) is 4.62. The fraction of sp³-hybridized carbons (Fsp3) is 0.231. The fourth-order valence-corrected chi connectivity index (χ4v) is 3.97. The molecule has 4 rings (SSSR count). The number of nitrogens with zero attached hydrogens (tertiary/aromatic N) is 2. The molecule has 0 aliphatic heterocycles. The van der Waals surface area contributed by atoms with Crippen molar-refractivity contribution in [1.29, 1.82) is 0 Å². The third-order valence-electron chi connectivity index (χ3n) is 5.70. The van der Waals surface area contributed by atoms with Gasteiger partial charge in [0.2, 0.25) is 0 Å². The van der Waals surface area contributed by atoms with Crippen molar-refractivity contribution in [2.24, 2.45) is 0 Å². The van der Waals surface area contributed by atoms with E-state index < -0.39 is 11.7 Å². The number of hydrogen-bond acceptors (Lipinski definition) is 3. The molecule has 1 aromatic heterocycles. The lowest BCUT2D eigenvalue weighted by molar-refractivity contribution is -0.138. The van der Waals surface area contributed by atoms with E-state index in [4.69, 9.17) is 4.74 Å². The summed E-state index contributed by atoms with van der Waals surface area (Å²) in [6.07, 6.45) is -2.73. The number of nitrogens with one attached hydrogen (secondary N) is 1. The molecule has 0 atom stereocenters. The van der Waals surface area contributed by atoms with E-state index >= 15 is 0 Å². The number of aromatic amines is 1. The molecule has 1 amide bonds. The normalized spacial score (nSPS) is 11.6. The van der Waals surface area contributed by atoms with Crippen LogP contribution in [0, 0.1) is 6.92 Å². The number of hydrogen-bond donors (Lipinski definition) is 1. The first-order valence-corrected chi connectivity index (χ1v) is 10.8. The quantitative estimate of drug-likeness (QED) is 0.366. The van der Waals surface area contributed by atoms with Crippen LogP contribution < -0.4 is 4.74 Å². The Labute approximate surface area is 195 Å². The molecule has 0 bridgehead atoms. The van der Waals surface area contributed by atoms with Gasteiger partial charge in [-0.15, -0.1) is 0 Å². The Balaban J connectivity index is 1.65. The van der Waals surface area contributed by atoms with Crippen LogP contribution in [-0.4, -0.2) is 34.7 Å². The standard InChI is InChI=1S/C26H24F3N3O2/c1-4-34-23-13-18(10-11-21(23)17-9-8-16(2)22(12-17)26(27,28)29)25(33)32(3)15-20-7-5-6-19-14-30-31-24(19)20/h5-14H,4,15H2,1-3H3,(H,30,31). The smallest absolute Gasteiger partial charge is 0.416 e. The molecular formula is C26H24F3N3O2. The zero-order valence-electron chi connectivity index (χ0n) is 19.0. The molecular weight excluding hydrogens is 443 g/mol. The number of ether oxygens (including phenoxy) is 1. The molecule has 34 heavy (non-hydrogen) atoms. The summed E-state index contributed by atoms with van der Waals surface area (Å²) in [6.45, 7) is 3.88. The molecule has 4 aromatic rings. The van der Waals surface area contributed by atoms with E-state index in [-0.39, 0.29) is 11.5 Å². The van der Waals surface area contributed by atoms with Crippen LogP contribution in [0.3, 0.4) is 0 Å². The number of para-hydroxylation sites is 1. The van der Waals surface area contributed by atoms with Crippen molar-refractivity contribution in [2.45, 2.75) is 26.6 Å². The van der Waals surface area contributed by atoms with Crippen LogP contribution in [0.5, 0.6) is 5.75 Å². The Kier molecular flexibility index (Phi) is 6.32. The van der Waals surface area contributed by atoms with Gasteiger partial charge in [-0.25, -0.2) is 0 Å². The highest BCUT2D eigenvalue weighted by Crippen LogP contribution is 2.37. The molecule has 0 spiro atoms. The maximum atomic E-state index is 13.4. The summed E-state index contributed by atoms with van der Waals surface area (Å²) < 4.78 is 46.0. The Morgan fingerprint density at radius 1 is 1.12 bits per heavy atom. The van der Waals surface area contributed by atoms with Gasteiger partial charge in [-0.2, -0.15) is 18.3 Å². The zero-order valence-corrected chi connectivity index (χ0v) is 19.0. The average Bonchev–Trinajstić information content (AvgIpc) is 3.28. The highest BCUT2D eigenvalue weighted by atomic mass is 19.4. The first kappa shape index (κ1) is 23.4. The van der Waals surface area contributed by atoms with Crippen molar-refractivity contribution in [3.05, 3.63) is 83.0 Å². The van der Waals surface area contributed by atoms with Gasteiger partial charge in [-0.05, 0) is 54.8 Å². The second kappa shape index (κ2) is 9.21. The predicted octanol–water partition coefficient (Wildman–Crippen LogP) is 6.23. The molecule has 3 aromatic carbocycles. The Morgan fingerprint density at radius 3 is 2.65 bits per heavy atom. The van der Waals surface area contributed by atoms with Crippen molar-refractivity contribution >= 4 is 16.8 Å². The van der Waals surface area contributed by atoms with Crippen LogP contribution in [0.25, 0.3) is 22.0 Å². The topological polar surface area (TPSA) is 58.2 Å². The van der Waals surface area contributed by atoms with Gasteiger partial charge in [0.05, 0.1) is 23.9 Å². The molecule has 1 heterocycles. The molecule has 0 unspecified atom stereocenters. The van der Waals surface area contributed by atoms with Crippen LogP contribution in [0.15, 0.2) is 60.8 Å². The molecule has 0 saturated carbocycles. The van der Waals surface area contributed by atoms with Gasteiger partial charge in [0.15, 0.2) is 0 Å². The monoisotopic (exact) mass is 467 g/mol. The predicted molar refractivity (Wildman–Crippen MR) is 125 cm³/mol. The first-order chi connectivity index (χ1) is 16.2. The number of carbonyl (C=O) groups excluding carboxylic acids is 1. The van der Waals surface area contributed by atoms with Crippen LogP contribution in [0.1, 0.15) is 34.0 Å². The maximum Gasteiger partial charge on any atom is 0.416 e. The number of halogens is 3. The molecule has 8 heteroatoms. The van der Waals surface area contributed by atoms with E-state index in [9.17, 15) is 18.0 Å². The van der Waals surface area contributed by atoms with E-state index in [1.165, 1.54) is 13.0 Å². The minimum atomic E-state index is -4.46. The number of fused-ring (bicyclic) bond motifs is 1. The Hall–Kier alpha value is -3.81. The number of amides is 1. The van der Waals surface area contributed by atoms with E-state index in [0.717, 1.165) is 22.5 Å². The van der Waals surface area contributed by atoms with Gasteiger partial charge in [0, 0.05) is 30.1 Å². The highest BCUT2D eigenvalue weighted by molar-refractivity contribution is 5.96. The van der Waals surface area contributed by atoms with E-state index in [0.29, 0.717) is 35.6 Å². The second-order valence-corrected chi connectivity index (χ2v) is 8.08. The number of benzene rings is 3. The van der Waals surface area contributed by atoms with E-state index in [1.807, 2.05) is 18.2 Å². The average molecular weight is 467 g/mol. The molecule has 176 valence electrons. The number of carbonyl (C=O) groups is 1. The number of aryl methyl sites for hydroxylation is 1. The van der Waals surface area contributed by atoms with Gasteiger partial charge in [0.25, 0.3) is 5.91 Å². The van der Waals surface area contributed by atoms with Crippen LogP contribution in [-0.2, 0) is 12.7 Å². The summed E-state index contributed by atoms with van der Waals surface area (Å²) in [4.78, 5) is 14.7. The molecule has 0 radical (unpaired) electrons. The number of H-pyrrole nitrogens is 1. The minimum Gasteiger partial charge on any atom is -0.493 e. The van der Waals surface area contributed by atoms with Crippen molar-refractivity contribution < 1.29 is 22.7 Å². The second-order valence-electron chi connectivity index (χ2n) is 8.08. The van der Waals surface area contributed by atoms with Crippen LogP contribution in [0.2, 0.25) is 0 Å². The molecule has 0 aliphatic carbocycles. The zero-order chi connectivity index (χ0) is 24.5. The summed E-state index contributed by atoms with van der Waals surface area (Å²) >= 11 is 0. The third-order valence-corrected chi connectivity index (χ3v) is 5.70. The number of alkyl halides is 3. The van der Waals surface area contributed by atoms with Gasteiger partial charge in [-0.3, -0.25) is 9.89 Å². The van der Waals surface area contributed by atoms with Crippen molar-refractivity contribution in [3.8, 4) is 16.9 Å². The highest BCUT2D eigenvalue weighted by Gasteiger charge is 2.32. The summed E-state index contributed by atoms with van der Waals surface area (Å²) in [5.41, 5.74) is 2.50. The van der Waals surface area contributed by atoms with Crippen molar-refractivity contribution in [3.63, 3.8) is 0 Å². The summed E-state index contributed by atoms with van der Waals surface area (Å²) in [7, 11) is 1.70. The lowest BCUT2D eigenvalue weighted by Crippen LogP contribution is -2.26. The van der Waals surface area contributed by atoms with E-state index in [2.05, 4.69) is 10.2 Å². The van der Waals surface area contributed by atoms with Crippen LogP contribution >= 0.6 is 0 Å². The van der Waals surface area contributed by atoms with E-state index in [1.54, 1.807) is 49.3 Å². The first-order valence-electron chi connectivity index (χ1n) is 10.8. The lowest BCUT2D eigenvalue weighted by Gasteiger charge is -2.19. The fourth-order valence-electron chi connectivity index (χ4n) is 3.97. The summed E-state index contributed by atoms with van der Waals surface area (Å²) in [6, 6.07) is 14.8. The molecule has 0 saturated heterocycles. The van der Waals surface area contributed by atoms with Gasteiger partial charge in [-0.1, -0.05) is 30.3 Å². The van der Waals surface area contributed by atoms with Gasteiger partial charge >= 0.3 is 6.18 Å². The van der Waals surface area contributed by atoms with Gasteiger partial charge in [0.1, 0.15) is 5.75 Å². The SMILES string of the molecule is CCOc1cc(C(=O)N(C)Cc2cccc3cn[nH]c23)ccc1-c1ccc(C)c(C(F)(F)F)c1. The Bertz CT molecular complexity index is 1340. The maximum absolute atomic E-state index is 13.4. The Morgan fingerprint density at radius 2 is 1.91 bits per heavy atom. The van der Waals surface area contributed by atoms with Crippen molar-refractivity contribution in [1.82, 2.24) is 15.1 Å². The molecule has 0 aliphatic rings. The number of rotatable bonds is 6. The molecule has 0 fully saturated rings. The van der Waals surface area contributed by atoms with Gasteiger partial charge < -0.3 is 9.64 Å². The summed E-state index contributed by atoms with van der Waals surface area (Å²) in [5.74, 6) is 0.123. The number of aromatic nitrogens is 2. The lowest BCUT2D eigenvalue weighted by atomic mass is 9.97. The largest absolute Gasteiger partial charge is 0.493 e. The molecule has 5 nitrogen and oxygen atoms in total. The molecule has 1 N–H and O–H groups in total.